The van der Waals surface area contributed by atoms with Crippen LogP contribution in [0.4, 0.5) is 10.1 Å². The van der Waals surface area contributed by atoms with Crippen molar-refractivity contribution in [2.45, 2.75) is 31.6 Å². The second-order valence-corrected chi connectivity index (χ2v) is 10.4. The Kier molecular flexibility index (Phi) is 5.14. The lowest BCUT2D eigenvalue weighted by molar-refractivity contribution is -0.118. The molecule has 1 amide bonds. The summed E-state index contributed by atoms with van der Waals surface area (Å²) < 4.78 is 37.5. The lowest BCUT2D eigenvalue weighted by Crippen LogP contribution is -2.37. The fourth-order valence-electron chi connectivity index (χ4n) is 3.00. The SMILES string of the molecule is CC(C)CC(=O)N=C1S[C@@H]2CS(=O)(=O)C[C@H]2N1c1ccc(F)c(Cl)c1. The van der Waals surface area contributed by atoms with Gasteiger partial charge in [-0.1, -0.05) is 37.2 Å². The van der Waals surface area contributed by atoms with Crippen LogP contribution >= 0.6 is 23.4 Å². The first-order valence-electron chi connectivity index (χ1n) is 7.89. The lowest BCUT2D eigenvalue weighted by atomic mass is 10.1. The molecule has 2 fully saturated rings. The number of anilines is 1. The zero-order valence-electron chi connectivity index (χ0n) is 13.8. The number of amidine groups is 1. The van der Waals surface area contributed by atoms with Gasteiger partial charge < -0.3 is 4.90 Å². The van der Waals surface area contributed by atoms with Crippen molar-refractivity contribution in [3.63, 3.8) is 0 Å². The van der Waals surface area contributed by atoms with Gasteiger partial charge in [-0.2, -0.15) is 4.99 Å². The number of hydrogen-bond acceptors (Lipinski definition) is 4. The smallest absolute Gasteiger partial charge is 0.248 e. The van der Waals surface area contributed by atoms with E-state index in [1.165, 1.54) is 30.0 Å². The Hall–Kier alpha value is -1.12. The molecule has 2 aliphatic rings. The Labute approximate surface area is 155 Å². The van der Waals surface area contributed by atoms with Gasteiger partial charge in [-0.25, -0.2) is 12.8 Å². The number of rotatable bonds is 3. The monoisotopic (exact) mass is 404 g/mol. The molecule has 3 rings (SSSR count). The standard InChI is InChI=1S/C16H18ClFN2O3S2/c1-9(2)5-15(21)19-16-20(10-3-4-12(18)11(17)6-10)13-7-25(22,23)8-14(13)24-16/h3-4,6,9,13-14H,5,7-8H2,1-2H3/t13-,14-/m1/s1. The topological polar surface area (TPSA) is 66.8 Å². The molecule has 2 heterocycles. The molecule has 1 aromatic carbocycles. The van der Waals surface area contributed by atoms with Crippen LogP contribution < -0.4 is 4.90 Å². The summed E-state index contributed by atoms with van der Waals surface area (Å²) in [6.07, 6.45) is 0.315. The number of hydrogen-bond donors (Lipinski definition) is 0. The first-order valence-corrected chi connectivity index (χ1v) is 11.0. The van der Waals surface area contributed by atoms with Crippen molar-refractivity contribution in [1.29, 1.82) is 0 Å². The van der Waals surface area contributed by atoms with Crippen LogP contribution in [0.3, 0.4) is 0 Å². The average Bonchev–Trinajstić information content (AvgIpc) is 2.92. The van der Waals surface area contributed by atoms with Crippen molar-refractivity contribution in [3.8, 4) is 0 Å². The third kappa shape index (κ3) is 4.01. The van der Waals surface area contributed by atoms with Crippen molar-refractivity contribution in [3.05, 3.63) is 29.0 Å². The Morgan fingerprint density at radius 3 is 2.80 bits per heavy atom. The van der Waals surface area contributed by atoms with Gasteiger partial charge >= 0.3 is 0 Å². The van der Waals surface area contributed by atoms with E-state index in [-0.39, 0.29) is 39.6 Å². The van der Waals surface area contributed by atoms with Gasteiger partial charge in [-0.15, -0.1) is 0 Å². The van der Waals surface area contributed by atoms with Crippen LogP contribution in [0.2, 0.25) is 5.02 Å². The molecule has 0 bridgehead atoms. The predicted octanol–water partition coefficient (Wildman–Crippen LogP) is 3.13. The number of nitrogens with zero attached hydrogens (tertiary/aromatic N) is 2. The van der Waals surface area contributed by atoms with Crippen LogP contribution in [0.25, 0.3) is 0 Å². The Morgan fingerprint density at radius 2 is 2.16 bits per heavy atom. The summed E-state index contributed by atoms with van der Waals surface area (Å²) in [4.78, 5) is 18.0. The Bertz CT molecular complexity index is 842. The zero-order chi connectivity index (χ0) is 18.4. The van der Waals surface area contributed by atoms with Crippen LogP contribution in [-0.2, 0) is 14.6 Å². The van der Waals surface area contributed by atoms with E-state index >= 15 is 0 Å². The minimum absolute atomic E-state index is 0.0168. The molecule has 2 aliphatic heterocycles. The number of carbonyl (C=O) groups is 1. The van der Waals surface area contributed by atoms with Gasteiger partial charge in [-0.3, -0.25) is 4.79 Å². The molecule has 136 valence electrons. The normalized spacial score (nSPS) is 26.4. The molecule has 0 radical (unpaired) electrons. The minimum atomic E-state index is -3.15. The Balaban J connectivity index is 1.99. The highest BCUT2D eigenvalue weighted by molar-refractivity contribution is 8.16. The molecule has 0 aromatic heterocycles. The molecular weight excluding hydrogens is 387 g/mol. The Morgan fingerprint density at radius 1 is 1.44 bits per heavy atom. The molecule has 1 aromatic rings. The van der Waals surface area contributed by atoms with E-state index in [2.05, 4.69) is 4.99 Å². The van der Waals surface area contributed by atoms with Crippen LogP contribution in [0.15, 0.2) is 23.2 Å². The molecule has 5 nitrogen and oxygen atoms in total. The number of sulfone groups is 1. The number of carbonyl (C=O) groups excluding carboxylic acids is 1. The summed E-state index contributed by atoms with van der Waals surface area (Å²) in [5, 5.41) is 0.206. The van der Waals surface area contributed by atoms with Crippen molar-refractivity contribution < 1.29 is 17.6 Å². The van der Waals surface area contributed by atoms with Crippen molar-refractivity contribution in [1.82, 2.24) is 0 Å². The largest absolute Gasteiger partial charge is 0.316 e. The highest BCUT2D eigenvalue weighted by Crippen LogP contribution is 2.41. The van der Waals surface area contributed by atoms with Gasteiger partial charge in [0.05, 0.1) is 22.6 Å². The van der Waals surface area contributed by atoms with Crippen molar-refractivity contribution >= 4 is 50.0 Å². The highest BCUT2D eigenvalue weighted by atomic mass is 35.5. The van der Waals surface area contributed by atoms with E-state index < -0.39 is 15.7 Å². The second-order valence-electron chi connectivity index (χ2n) is 6.66. The van der Waals surface area contributed by atoms with E-state index in [1.54, 1.807) is 4.90 Å². The van der Waals surface area contributed by atoms with E-state index in [0.717, 1.165) is 0 Å². The quantitative estimate of drug-likeness (QED) is 0.774. The fraction of sp³-hybridized carbons (Fsp3) is 0.500. The van der Waals surface area contributed by atoms with Crippen LogP contribution in [0.1, 0.15) is 20.3 Å². The fourth-order valence-corrected chi connectivity index (χ4v) is 7.11. The molecule has 9 heteroatoms. The van der Waals surface area contributed by atoms with Gasteiger partial charge in [0.15, 0.2) is 15.0 Å². The minimum Gasteiger partial charge on any atom is -0.316 e. The maximum Gasteiger partial charge on any atom is 0.248 e. The summed E-state index contributed by atoms with van der Waals surface area (Å²) in [7, 11) is -3.15. The van der Waals surface area contributed by atoms with Crippen LogP contribution in [0.5, 0.6) is 0 Å². The van der Waals surface area contributed by atoms with E-state index in [4.69, 9.17) is 11.6 Å². The van der Waals surface area contributed by atoms with E-state index in [0.29, 0.717) is 17.3 Å². The first-order chi connectivity index (χ1) is 11.7. The summed E-state index contributed by atoms with van der Waals surface area (Å²) in [5.41, 5.74) is 0.541. The molecule has 2 atom stereocenters. The first kappa shape index (κ1) is 18.7. The highest BCUT2D eigenvalue weighted by Gasteiger charge is 2.49. The lowest BCUT2D eigenvalue weighted by Gasteiger charge is -2.24. The molecule has 0 saturated carbocycles. The van der Waals surface area contributed by atoms with E-state index in [1.807, 2.05) is 13.8 Å². The van der Waals surface area contributed by atoms with Gasteiger partial charge in [0, 0.05) is 17.4 Å². The van der Waals surface area contributed by atoms with Crippen LogP contribution in [-0.4, -0.2) is 42.3 Å². The molecule has 0 aliphatic carbocycles. The number of thioether (sulfide) groups is 1. The molecule has 0 N–H and O–H groups in total. The van der Waals surface area contributed by atoms with Gasteiger partial charge in [0.2, 0.25) is 5.91 Å². The van der Waals surface area contributed by atoms with Gasteiger partial charge in [-0.05, 0) is 24.1 Å². The number of aliphatic imine (C=N–C) groups is 1. The average molecular weight is 405 g/mol. The van der Waals surface area contributed by atoms with Crippen molar-refractivity contribution in [2.75, 3.05) is 16.4 Å². The predicted molar refractivity (Wildman–Crippen MR) is 99.6 cm³/mol. The number of halogens is 2. The molecule has 0 unspecified atom stereocenters. The number of benzene rings is 1. The summed E-state index contributed by atoms with van der Waals surface area (Å²) in [6.45, 7) is 3.86. The maximum absolute atomic E-state index is 13.5. The van der Waals surface area contributed by atoms with Crippen molar-refractivity contribution in [2.24, 2.45) is 10.9 Å². The van der Waals surface area contributed by atoms with E-state index in [9.17, 15) is 17.6 Å². The third-order valence-corrected chi connectivity index (χ3v) is 7.55. The summed E-state index contributed by atoms with van der Waals surface area (Å²) in [5.74, 6) is -0.597. The maximum atomic E-state index is 13.5. The molecule has 0 spiro atoms. The third-order valence-electron chi connectivity index (χ3n) is 4.05. The molecular formula is C16H18ClFN2O3S2. The summed E-state index contributed by atoms with van der Waals surface area (Å²) >= 11 is 7.17. The van der Waals surface area contributed by atoms with Gasteiger partial charge in [0.1, 0.15) is 5.82 Å². The number of amides is 1. The molecule has 2 saturated heterocycles. The number of fused-ring (bicyclic) bond motifs is 1. The zero-order valence-corrected chi connectivity index (χ0v) is 16.2. The molecule has 25 heavy (non-hydrogen) atoms. The second kappa shape index (κ2) is 6.89. The van der Waals surface area contributed by atoms with Gasteiger partial charge in [0.25, 0.3) is 0 Å². The van der Waals surface area contributed by atoms with Crippen LogP contribution in [0, 0.1) is 11.7 Å². The summed E-state index contributed by atoms with van der Waals surface area (Å²) in [6, 6.07) is 3.86.